The highest BCUT2D eigenvalue weighted by Crippen LogP contribution is 2.76. The molecule has 4 saturated heterocycles. The van der Waals surface area contributed by atoms with Crippen molar-refractivity contribution in [3.8, 4) is 0 Å². The van der Waals surface area contributed by atoms with Gasteiger partial charge < -0.3 is 118 Å². The summed E-state index contributed by atoms with van der Waals surface area (Å²) in [7, 11) is 1.20. The Balaban J connectivity index is 1.07. The third kappa shape index (κ3) is 11.2. The number of hydrogen-bond donors (Lipinski definition) is 13. The maximum Gasteiger partial charge on any atom is 0.335 e. The summed E-state index contributed by atoms with van der Waals surface area (Å²) in [6.45, 7) is 13.6. The molecule has 4 aliphatic heterocycles. The van der Waals surface area contributed by atoms with Gasteiger partial charge in [0, 0.05) is 17.9 Å². The Kier molecular flexibility index (Phi) is 19.9. The second-order valence-corrected chi connectivity index (χ2v) is 27.6. The van der Waals surface area contributed by atoms with Crippen molar-refractivity contribution in [3.63, 3.8) is 0 Å². The van der Waals surface area contributed by atoms with E-state index in [0.717, 1.165) is 5.57 Å². The molecule has 8 fully saturated rings. The van der Waals surface area contributed by atoms with Gasteiger partial charge >= 0.3 is 23.9 Å². The summed E-state index contributed by atoms with van der Waals surface area (Å²) in [6, 6.07) is 0. The Hall–Kier alpha value is -3.44. The van der Waals surface area contributed by atoms with Gasteiger partial charge in [-0.2, -0.15) is 0 Å². The third-order valence-corrected chi connectivity index (χ3v) is 22.5. The van der Waals surface area contributed by atoms with Crippen LogP contribution in [-0.2, 0) is 71.3 Å². The van der Waals surface area contributed by atoms with Crippen molar-refractivity contribution < 1.29 is 138 Å². The maximum absolute atomic E-state index is 15.0. The second kappa shape index (κ2) is 25.5. The van der Waals surface area contributed by atoms with Gasteiger partial charge in [-0.25, -0.2) is 9.59 Å². The van der Waals surface area contributed by atoms with E-state index in [1.165, 1.54) is 14.0 Å². The zero-order valence-corrected chi connectivity index (χ0v) is 51.3. The van der Waals surface area contributed by atoms with E-state index >= 15 is 0 Å². The van der Waals surface area contributed by atoms with E-state index in [-0.39, 0.29) is 18.8 Å². The number of fused-ring (bicyclic) bond motifs is 7. The minimum Gasteiger partial charge on any atom is -0.479 e. The van der Waals surface area contributed by atoms with Crippen LogP contribution in [0.1, 0.15) is 107 Å². The number of ether oxygens (including phenoxy) is 11. The van der Waals surface area contributed by atoms with Gasteiger partial charge in [-0.3, -0.25) is 9.59 Å². The summed E-state index contributed by atoms with van der Waals surface area (Å²) in [5.41, 5.74) is -4.88. The summed E-state index contributed by atoms with van der Waals surface area (Å²) in [5, 5.41) is 144. The zero-order chi connectivity index (χ0) is 64.9. The van der Waals surface area contributed by atoms with Crippen molar-refractivity contribution in [3.05, 3.63) is 23.3 Å². The first-order valence-electron chi connectivity index (χ1n) is 30.4. The van der Waals surface area contributed by atoms with Crippen molar-refractivity contribution >= 4 is 23.9 Å². The predicted octanol–water partition coefficient (Wildman–Crippen LogP) is -2.04. The van der Waals surface area contributed by atoms with Gasteiger partial charge in [-0.05, 0) is 99.7 Å². The lowest BCUT2D eigenvalue weighted by atomic mass is 9.33. The molecule has 5 aliphatic carbocycles. The highest BCUT2D eigenvalue weighted by atomic mass is 16.8. The van der Waals surface area contributed by atoms with Gasteiger partial charge in [0.05, 0.1) is 56.6 Å². The first-order valence-corrected chi connectivity index (χ1v) is 30.4. The van der Waals surface area contributed by atoms with Crippen LogP contribution >= 0.6 is 0 Å². The molecule has 4 saturated carbocycles. The molecule has 9 aliphatic rings. The van der Waals surface area contributed by atoms with Crippen LogP contribution in [0.3, 0.4) is 0 Å². The third-order valence-electron chi connectivity index (χ3n) is 22.5. The number of carbonyl (C=O) groups excluding carboxylic acids is 3. The lowest BCUT2D eigenvalue weighted by Crippen LogP contribution is -2.73. The summed E-state index contributed by atoms with van der Waals surface area (Å²) < 4.78 is 66.3. The van der Waals surface area contributed by atoms with Gasteiger partial charge in [-0.1, -0.05) is 52.3 Å². The van der Waals surface area contributed by atoms with Crippen LogP contribution in [0, 0.1) is 50.2 Å². The van der Waals surface area contributed by atoms with Crippen LogP contribution in [-0.4, -0.2) is 259 Å². The number of carbonyl (C=O) groups is 4. The zero-order valence-electron chi connectivity index (χ0n) is 51.3. The minimum atomic E-state index is -2.31. The number of methoxy groups -OCH3 is 1. The standard InChI is InChI=1S/C60H92O28/c1-11-24(2)49(76)88-46-47(81-25(3)63)60(23-62)27(18-55(46,4)5)26-12-13-31-56(6)16-15-34(59(9,54(77)78-10)32(56)14-17-57(31,7)58(26,8)19-33(60)66)83-53-45(87-51-40(72)38(70)37(69)30(20-61)82-51)42(41(73)43(85-53)48(74)75)84-52-44(36(68)29(65)22-80-52)86-50-39(71)35(67)28(64)21-79-50/h11-12,27-47,50-53,61-62,64-73H,13-23H2,1-10H3,(H,74,75)/b24-11-/t27-,28+,29-,30+,31+,32+,33+,34-,35-,36-,37+,38-,39+,40+,41-,42-,43-,44+,45+,46-,47-,50-,51-,52-,53-,56+,57+,58+,59-,60-/m0/s1. The first kappa shape index (κ1) is 68.9. The highest BCUT2D eigenvalue weighted by molar-refractivity contribution is 5.88. The average molecular weight is 1260 g/mol. The molecule has 28 heteroatoms. The van der Waals surface area contributed by atoms with E-state index in [4.69, 9.17) is 52.1 Å². The smallest absolute Gasteiger partial charge is 0.335 e. The van der Waals surface area contributed by atoms with Crippen LogP contribution in [0.25, 0.3) is 0 Å². The molecule has 0 aromatic rings. The molecule has 500 valence electrons. The normalized spacial score (nSPS) is 50.2. The SMILES string of the molecule is C/C=C(/C)C(=O)O[C@H]1[C@H](OC(C)=O)[C@]2(CO)[C@H](O)C[C@]3(C)C(=CC[C@@H]4[C@@]5(C)CC[C@H](O[C@H]6O[C@H](C(=O)O)[C@@H](O)[C@H](O[C@@H]7OC[C@H](O)[C@H](O)[C@H]7O[C@@H]7OC[C@@H](O)[C@H](O)[C@H]7O)[C@H]6O[C@@H]6O[C@H](CO)[C@@H](O)[C@H](O)[C@H]6O)[C@@](C)(C(=O)OC)[C@@H]5CC[C@]43C)[C@@H]2CC1(C)C. The van der Waals surface area contributed by atoms with E-state index < -0.39 is 230 Å². The molecule has 13 N–H and O–H groups in total. The van der Waals surface area contributed by atoms with Crippen molar-refractivity contribution in [2.75, 3.05) is 33.5 Å². The molecule has 28 nitrogen and oxygen atoms in total. The molecule has 9 rings (SSSR count). The van der Waals surface area contributed by atoms with Gasteiger partial charge in [0.1, 0.15) is 91.6 Å². The van der Waals surface area contributed by atoms with Crippen LogP contribution < -0.4 is 0 Å². The number of carboxylic acids is 1. The van der Waals surface area contributed by atoms with Crippen molar-refractivity contribution in [2.24, 2.45) is 50.2 Å². The molecule has 0 unspecified atom stereocenters. The first-order chi connectivity index (χ1) is 41.2. The summed E-state index contributed by atoms with van der Waals surface area (Å²) >= 11 is 0. The van der Waals surface area contributed by atoms with E-state index in [1.54, 1.807) is 26.8 Å². The lowest BCUT2D eigenvalue weighted by molar-refractivity contribution is -0.399. The van der Waals surface area contributed by atoms with Gasteiger partial charge in [0.2, 0.25) is 0 Å². The van der Waals surface area contributed by atoms with Gasteiger partial charge in [0.15, 0.2) is 31.3 Å². The lowest BCUT2D eigenvalue weighted by Gasteiger charge is -2.72. The molecule has 88 heavy (non-hydrogen) atoms. The number of allylic oxidation sites excluding steroid dienone is 3. The number of aliphatic carboxylic acids is 1. The van der Waals surface area contributed by atoms with E-state index in [9.17, 15) is 85.6 Å². The largest absolute Gasteiger partial charge is 0.479 e. The number of rotatable bonds is 15. The van der Waals surface area contributed by atoms with Gasteiger partial charge in [-0.15, -0.1) is 0 Å². The Labute approximate surface area is 509 Å². The Morgan fingerprint density at radius 2 is 1.28 bits per heavy atom. The van der Waals surface area contributed by atoms with Crippen LogP contribution in [0.15, 0.2) is 23.3 Å². The number of aliphatic hydroxyl groups is 12. The fourth-order valence-corrected chi connectivity index (χ4v) is 17.3. The Bertz CT molecular complexity index is 2620. The number of hydrogen-bond acceptors (Lipinski definition) is 27. The monoisotopic (exact) mass is 1260 g/mol. The predicted molar refractivity (Wildman–Crippen MR) is 295 cm³/mol. The number of esters is 3. The van der Waals surface area contributed by atoms with Crippen LogP contribution in [0.2, 0.25) is 0 Å². The quantitative estimate of drug-likeness (QED) is 0.0276. The fraction of sp³-hybridized carbons (Fsp3) is 0.867. The molecule has 0 amide bonds. The maximum atomic E-state index is 15.0. The van der Waals surface area contributed by atoms with Crippen LogP contribution in [0.5, 0.6) is 0 Å². The molecule has 0 aromatic heterocycles. The number of aliphatic hydroxyl groups excluding tert-OH is 12. The Morgan fingerprint density at radius 1 is 0.659 bits per heavy atom. The second-order valence-electron chi connectivity index (χ2n) is 27.6. The Morgan fingerprint density at radius 3 is 1.90 bits per heavy atom. The minimum absolute atomic E-state index is 0.0385. The molecule has 0 spiro atoms. The molecule has 30 atom stereocenters. The van der Waals surface area contributed by atoms with E-state index in [0.29, 0.717) is 37.7 Å². The summed E-state index contributed by atoms with van der Waals surface area (Å²) in [6.07, 6.45) is -34.1. The average Bonchev–Trinajstić information content (AvgIpc) is 0.681. The molecule has 0 radical (unpaired) electrons. The molecule has 0 bridgehead atoms. The fourth-order valence-electron chi connectivity index (χ4n) is 17.3. The summed E-state index contributed by atoms with van der Waals surface area (Å²) in [4.78, 5) is 54.7. The van der Waals surface area contributed by atoms with Crippen molar-refractivity contribution in [2.45, 2.75) is 242 Å². The molecular formula is C60H92O28. The topological polar surface area (TPSA) is 433 Å². The van der Waals surface area contributed by atoms with Gasteiger partial charge in [0.25, 0.3) is 0 Å². The van der Waals surface area contributed by atoms with Crippen LogP contribution in [0.4, 0.5) is 0 Å². The van der Waals surface area contributed by atoms with E-state index in [2.05, 4.69) is 26.8 Å². The highest BCUT2D eigenvalue weighted by Gasteiger charge is 2.75. The summed E-state index contributed by atoms with van der Waals surface area (Å²) in [5.74, 6) is -5.21. The van der Waals surface area contributed by atoms with Crippen molar-refractivity contribution in [1.29, 1.82) is 0 Å². The molecule has 4 heterocycles. The van der Waals surface area contributed by atoms with E-state index in [1.807, 2.05) is 13.8 Å². The number of carboxylic acid groups (broad SMARTS) is 1. The molecular weight excluding hydrogens is 1170 g/mol. The molecule has 0 aromatic carbocycles. The van der Waals surface area contributed by atoms with Crippen molar-refractivity contribution in [1.82, 2.24) is 0 Å².